The average molecular weight is 399 g/mol. The summed E-state index contributed by atoms with van der Waals surface area (Å²) in [5, 5.41) is 11.5. The number of hydrogen-bond acceptors (Lipinski definition) is 3. The number of carbonyl (C=O) groups is 1. The van der Waals surface area contributed by atoms with Crippen LogP contribution in [0.4, 0.5) is 0 Å². The number of carbonyl (C=O) groups excluding carboxylic acids is 1. The van der Waals surface area contributed by atoms with Gasteiger partial charge in [0.1, 0.15) is 5.82 Å². The first-order valence-corrected chi connectivity index (χ1v) is 10.5. The zero-order valence-electron chi connectivity index (χ0n) is 16.9. The molecule has 0 unspecified atom stereocenters. The Bertz CT molecular complexity index is 1040. The maximum absolute atomic E-state index is 12.3. The number of pyridine rings is 1. The van der Waals surface area contributed by atoms with Crippen LogP contribution in [0.25, 0.3) is 5.65 Å². The Morgan fingerprint density at radius 3 is 2.23 bits per heavy atom. The van der Waals surface area contributed by atoms with Gasteiger partial charge in [0.15, 0.2) is 5.65 Å². The van der Waals surface area contributed by atoms with Crippen molar-refractivity contribution in [3.63, 3.8) is 0 Å². The van der Waals surface area contributed by atoms with Gasteiger partial charge in [-0.05, 0) is 36.1 Å². The number of aromatic nitrogens is 3. The summed E-state index contributed by atoms with van der Waals surface area (Å²) in [6.45, 7) is 0.654. The Hall–Kier alpha value is -3.47. The molecule has 5 heteroatoms. The molecule has 2 aromatic carbocycles. The number of rotatable bonds is 9. The van der Waals surface area contributed by atoms with Gasteiger partial charge in [0.05, 0.1) is 0 Å². The van der Waals surface area contributed by atoms with Gasteiger partial charge in [0.25, 0.3) is 0 Å². The van der Waals surface area contributed by atoms with Gasteiger partial charge in [0.2, 0.25) is 5.91 Å². The molecule has 0 aliphatic heterocycles. The molecule has 5 nitrogen and oxygen atoms in total. The normalized spacial score (nSPS) is 11.1. The zero-order chi connectivity index (χ0) is 20.6. The molecular weight excluding hydrogens is 372 g/mol. The van der Waals surface area contributed by atoms with Crippen molar-refractivity contribution in [2.24, 2.45) is 0 Å². The molecule has 2 heterocycles. The smallest absolute Gasteiger partial charge is 0.220 e. The van der Waals surface area contributed by atoms with Crippen LogP contribution in [0.5, 0.6) is 0 Å². The standard InChI is InChI=1S/C25H26N4O/c30-25(16-9-15-24-28-27-23-14-7-8-19-29(23)24)26-18-17-22(20-10-3-1-4-11-20)21-12-5-2-6-13-21/h1-8,10-14,19,22H,9,15-18H2,(H,26,30). The molecule has 4 rings (SSSR count). The van der Waals surface area contributed by atoms with Crippen molar-refractivity contribution in [3.05, 3.63) is 102 Å². The molecule has 0 spiro atoms. The summed E-state index contributed by atoms with van der Waals surface area (Å²) in [6.07, 6.45) is 4.80. The highest BCUT2D eigenvalue weighted by molar-refractivity contribution is 5.75. The minimum Gasteiger partial charge on any atom is -0.356 e. The van der Waals surface area contributed by atoms with Gasteiger partial charge in [-0.1, -0.05) is 66.7 Å². The molecule has 4 aromatic rings. The lowest BCUT2D eigenvalue weighted by atomic mass is 9.88. The van der Waals surface area contributed by atoms with Crippen LogP contribution in [0, 0.1) is 0 Å². The van der Waals surface area contributed by atoms with Gasteiger partial charge >= 0.3 is 0 Å². The largest absolute Gasteiger partial charge is 0.356 e. The minimum absolute atomic E-state index is 0.0868. The molecule has 1 amide bonds. The van der Waals surface area contributed by atoms with Crippen LogP contribution >= 0.6 is 0 Å². The summed E-state index contributed by atoms with van der Waals surface area (Å²) in [5.41, 5.74) is 3.39. The van der Waals surface area contributed by atoms with Gasteiger partial charge in [-0.15, -0.1) is 10.2 Å². The molecule has 0 aliphatic rings. The van der Waals surface area contributed by atoms with Crippen LogP contribution in [0.3, 0.4) is 0 Å². The second-order valence-electron chi connectivity index (χ2n) is 7.41. The van der Waals surface area contributed by atoms with Crippen molar-refractivity contribution < 1.29 is 4.79 Å². The van der Waals surface area contributed by atoms with E-state index in [2.05, 4.69) is 64.0 Å². The second-order valence-corrected chi connectivity index (χ2v) is 7.41. The van der Waals surface area contributed by atoms with Crippen LogP contribution in [0.2, 0.25) is 0 Å². The Morgan fingerprint density at radius 1 is 0.867 bits per heavy atom. The van der Waals surface area contributed by atoms with E-state index < -0.39 is 0 Å². The Morgan fingerprint density at radius 2 is 1.53 bits per heavy atom. The Balaban J connectivity index is 1.27. The predicted octanol–water partition coefficient (Wildman–Crippen LogP) is 4.39. The first-order valence-electron chi connectivity index (χ1n) is 10.5. The Kier molecular flexibility index (Phi) is 6.50. The van der Waals surface area contributed by atoms with Crippen molar-refractivity contribution in [1.82, 2.24) is 19.9 Å². The van der Waals surface area contributed by atoms with E-state index in [0.717, 1.165) is 30.7 Å². The molecule has 0 aliphatic carbocycles. The van der Waals surface area contributed by atoms with E-state index in [1.54, 1.807) is 0 Å². The average Bonchev–Trinajstić information content (AvgIpc) is 3.21. The molecular formula is C25H26N4O. The summed E-state index contributed by atoms with van der Waals surface area (Å²) in [5.74, 6) is 1.25. The fourth-order valence-corrected chi connectivity index (χ4v) is 3.81. The second kappa shape index (κ2) is 9.83. The summed E-state index contributed by atoms with van der Waals surface area (Å²) in [6, 6.07) is 26.8. The number of nitrogens with zero attached hydrogens (tertiary/aromatic N) is 3. The third kappa shape index (κ3) is 4.92. The molecule has 0 saturated heterocycles. The lowest BCUT2D eigenvalue weighted by Gasteiger charge is -2.18. The van der Waals surface area contributed by atoms with Crippen molar-refractivity contribution >= 4 is 11.6 Å². The molecule has 30 heavy (non-hydrogen) atoms. The number of amides is 1. The van der Waals surface area contributed by atoms with Gasteiger partial charge in [-0.2, -0.15) is 0 Å². The maximum Gasteiger partial charge on any atom is 0.220 e. The van der Waals surface area contributed by atoms with Crippen molar-refractivity contribution in [3.8, 4) is 0 Å². The molecule has 152 valence electrons. The van der Waals surface area contributed by atoms with E-state index in [9.17, 15) is 4.79 Å². The number of hydrogen-bond donors (Lipinski definition) is 1. The van der Waals surface area contributed by atoms with Crippen molar-refractivity contribution in [2.45, 2.75) is 31.6 Å². The van der Waals surface area contributed by atoms with Crippen LogP contribution in [-0.4, -0.2) is 27.0 Å². The zero-order valence-corrected chi connectivity index (χ0v) is 16.9. The van der Waals surface area contributed by atoms with E-state index in [1.807, 2.05) is 40.9 Å². The molecule has 0 bridgehead atoms. The lowest BCUT2D eigenvalue weighted by molar-refractivity contribution is -0.121. The highest BCUT2D eigenvalue weighted by Crippen LogP contribution is 2.27. The van der Waals surface area contributed by atoms with Gasteiger partial charge in [-0.25, -0.2) is 0 Å². The molecule has 0 atom stereocenters. The van der Waals surface area contributed by atoms with E-state index >= 15 is 0 Å². The molecule has 0 radical (unpaired) electrons. The van der Waals surface area contributed by atoms with Crippen LogP contribution < -0.4 is 5.32 Å². The molecule has 0 saturated carbocycles. The highest BCUT2D eigenvalue weighted by Gasteiger charge is 2.14. The summed E-state index contributed by atoms with van der Waals surface area (Å²) < 4.78 is 1.97. The summed E-state index contributed by atoms with van der Waals surface area (Å²) in [4.78, 5) is 12.3. The van der Waals surface area contributed by atoms with E-state index in [-0.39, 0.29) is 11.8 Å². The maximum atomic E-state index is 12.3. The van der Waals surface area contributed by atoms with Gasteiger partial charge < -0.3 is 5.32 Å². The quantitative estimate of drug-likeness (QED) is 0.455. The monoisotopic (exact) mass is 398 g/mol. The fourth-order valence-electron chi connectivity index (χ4n) is 3.81. The Labute approximate surface area is 176 Å². The van der Waals surface area contributed by atoms with Crippen LogP contribution in [0.15, 0.2) is 85.1 Å². The first kappa shape index (κ1) is 19.8. The van der Waals surface area contributed by atoms with E-state index in [4.69, 9.17) is 0 Å². The third-order valence-corrected chi connectivity index (χ3v) is 5.35. The number of aryl methyl sites for hydroxylation is 1. The third-order valence-electron chi connectivity index (χ3n) is 5.35. The van der Waals surface area contributed by atoms with Crippen molar-refractivity contribution in [1.29, 1.82) is 0 Å². The fraction of sp³-hybridized carbons (Fsp3) is 0.240. The SMILES string of the molecule is O=C(CCCc1nnc2ccccn12)NCCC(c1ccccc1)c1ccccc1. The number of benzene rings is 2. The summed E-state index contributed by atoms with van der Waals surface area (Å²) in [7, 11) is 0. The van der Waals surface area contributed by atoms with Crippen molar-refractivity contribution in [2.75, 3.05) is 6.54 Å². The summed E-state index contributed by atoms with van der Waals surface area (Å²) >= 11 is 0. The van der Waals surface area contributed by atoms with Gasteiger partial charge in [-0.3, -0.25) is 9.20 Å². The topological polar surface area (TPSA) is 59.3 Å². The number of fused-ring (bicyclic) bond motifs is 1. The molecule has 2 aromatic heterocycles. The van der Waals surface area contributed by atoms with Crippen LogP contribution in [-0.2, 0) is 11.2 Å². The van der Waals surface area contributed by atoms with Crippen LogP contribution in [0.1, 0.15) is 42.1 Å². The predicted molar refractivity (Wildman–Crippen MR) is 118 cm³/mol. The molecule has 0 fully saturated rings. The lowest BCUT2D eigenvalue weighted by Crippen LogP contribution is -2.25. The minimum atomic E-state index is 0.0868. The van der Waals surface area contributed by atoms with E-state index in [0.29, 0.717) is 13.0 Å². The molecule has 1 N–H and O–H groups in total. The van der Waals surface area contributed by atoms with Gasteiger partial charge in [0, 0.05) is 31.5 Å². The van der Waals surface area contributed by atoms with E-state index in [1.165, 1.54) is 11.1 Å². The highest BCUT2D eigenvalue weighted by atomic mass is 16.1. The first-order chi connectivity index (χ1) is 14.8. The number of nitrogens with one attached hydrogen (secondary N) is 1.